The van der Waals surface area contributed by atoms with E-state index >= 15 is 0 Å². The molecule has 0 radical (unpaired) electrons. The molecule has 0 fully saturated rings. The van der Waals surface area contributed by atoms with Gasteiger partial charge in [-0.1, -0.05) is 168 Å². The van der Waals surface area contributed by atoms with Crippen molar-refractivity contribution in [2.24, 2.45) is 0 Å². The highest BCUT2D eigenvalue weighted by Crippen LogP contribution is 2.23. The summed E-state index contributed by atoms with van der Waals surface area (Å²) in [6.07, 6.45) is 44.3. The molecule has 220 valence electrons. The lowest BCUT2D eigenvalue weighted by molar-refractivity contribution is 0.142. The molecule has 0 bridgehead atoms. The van der Waals surface area contributed by atoms with Crippen LogP contribution in [0.2, 0.25) is 0 Å². The summed E-state index contributed by atoms with van der Waals surface area (Å²) in [6, 6.07) is 0. The standard InChI is InChI=1S/C35H70N2/c1-4-7-9-11-13-15-17-18-19-20-21-22-23-25-27-29-31-35-36(6-3)33-34-37(35)32-30-28-26-24-16-14-12-10-8-5-2/h33-35H,4-32H2,1-3H3. The van der Waals surface area contributed by atoms with Gasteiger partial charge in [0.05, 0.1) is 0 Å². The Morgan fingerprint density at radius 1 is 0.378 bits per heavy atom. The fraction of sp³-hybridized carbons (Fsp3) is 0.943. The third kappa shape index (κ3) is 20.0. The van der Waals surface area contributed by atoms with Gasteiger partial charge in [-0.2, -0.15) is 0 Å². The lowest BCUT2D eigenvalue weighted by atomic mass is 10.0. The molecule has 1 unspecified atom stereocenters. The van der Waals surface area contributed by atoms with E-state index in [1.165, 1.54) is 180 Å². The van der Waals surface area contributed by atoms with E-state index in [-0.39, 0.29) is 0 Å². The Bertz CT molecular complexity index is 474. The fourth-order valence-electron chi connectivity index (χ4n) is 6.09. The first-order valence-electron chi connectivity index (χ1n) is 17.5. The van der Waals surface area contributed by atoms with E-state index < -0.39 is 0 Å². The van der Waals surface area contributed by atoms with Crippen molar-refractivity contribution in [3.63, 3.8) is 0 Å². The van der Waals surface area contributed by atoms with Crippen LogP contribution in [0.3, 0.4) is 0 Å². The Hall–Kier alpha value is -0.660. The number of nitrogens with zero attached hydrogens (tertiary/aromatic N) is 2. The monoisotopic (exact) mass is 519 g/mol. The molecule has 0 amide bonds. The van der Waals surface area contributed by atoms with E-state index in [0.29, 0.717) is 6.17 Å². The SMILES string of the molecule is CCCCCCCCCCCCCCCCCCC1N(CC)C=CN1CCCCCCCCCCCC. The highest BCUT2D eigenvalue weighted by molar-refractivity contribution is 4.96. The van der Waals surface area contributed by atoms with Crippen LogP contribution in [0.1, 0.15) is 194 Å². The summed E-state index contributed by atoms with van der Waals surface area (Å²) < 4.78 is 0. The minimum Gasteiger partial charge on any atom is -0.356 e. The van der Waals surface area contributed by atoms with Gasteiger partial charge >= 0.3 is 0 Å². The van der Waals surface area contributed by atoms with Gasteiger partial charge in [0.15, 0.2) is 0 Å². The summed E-state index contributed by atoms with van der Waals surface area (Å²) in [4.78, 5) is 5.22. The smallest absolute Gasteiger partial charge is 0.101 e. The molecular formula is C35H70N2. The predicted octanol–water partition coefficient (Wildman–Crippen LogP) is 12.0. The van der Waals surface area contributed by atoms with Crippen LogP contribution in [-0.4, -0.2) is 29.1 Å². The van der Waals surface area contributed by atoms with E-state index in [4.69, 9.17) is 0 Å². The summed E-state index contributed by atoms with van der Waals surface area (Å²) in [5.41, 5.74) is 0. The zero-order chi connectivity index (χ0) is 26.7. The van der Waals surface area contributed by atoms with Crippen LogP contribution in [-0.2, 0) is 0 Å². The molecule has 0 aromatic carbocycles. The predicted molar refractivity (Wildman–Crippen MR) is 168 cm³/mol. The van der Waals surface area contributed by atoms with E-state index in [2.05, 4.69) is 43.0 Å². The highest BCUT2D eigenvalue weighted by Gasteiger charge is 2.23. The topological polar surface area (TPSA) is 6.48 Å². The highest BCUT2D eigenvalue weighted by atomic mass is 15.4. The van der Waals surface area contributed by atoms with Crippen molar-refractivity contribution >= 4 is 0 Å². The van der Waals surface area contributed by atoms with Crippen molar-refractivity contribution in [3.8, 4) is 0 Å². The van der Waals surface area contributed by atoms with Gasteiger partial charge < -0.3 is 9.80 Å². The summed E-state index contributed by atoms with van der Waals surface area (Å²) in [6.45, 7) is 9.33. The summed E-state index contributed by atoms with van der Waals surface area (Å²) >= 11 is 0. The van der Waals surface area contributed by atoms with Crippen molar-refractivity contribution in [1.29, 1.82) is 0 Å². The van der Waals surface area contributed by atoms with E-state index in [1.807, 2.05) is 0 Å². The van der Waals surface area contributed by atoms with Crippen molar-refractivity contribution in [3.05, 3.63) is 12.4 Å². The van der Waals surface area contributed by atoms with Crippen LogP contribution < -0.4 is 0 Å². The maximum Gasteiger partial charge on any atom is 0.101 e. The first-order valence-corrected chi connectivity index (χ1v) is 17.5. The molecule has 0 N–H and O–H groups in total. The van der Waals surface area contributed by atoms with Gasteiger partial charge in [0.25, 0.3) is 0 Å². The molecule has 0 aromatic rings. The molecule has 0 spiro atoms. The van der Waals surface area contributed by atoms with E-state index in [0.717, 1.165) is 6.54 Å². The van der Waals surface area contributed by atoms with Crippen LogP contribution >= 0.6 is 0 Å². The van der Waals surface area contributed by atoms with Crippen molar-refractivity contribution in [1.82, 2.24) is 9.80 Å². The molecule has 1 atom stereocenters. The normalized spacial score (nSPS) is 15.4. The molecule has 1 heterocycles. The van der Waals surface area contributed by atoms with Crippen molar-refractivity contribution in [2.45, 2.75) is 200 Å². The lowest BCUT2D eigenvalue weighted by Gasteiger charge is -2.32. The minimum absolute atomic E-state index is 0.634. The van der Waals surface area contributed by atoms with Gasteiger partial charge in [-0.3, -0.25) is 0 Å². The third-order valence-corrected chi connectivity index (χ3v) is 8.67. The second kappa shape index (κ2) is 26.9. The molecule has 1 rings (SSSR count). The van der Waals surface area contributed by atoms with Crippen molar-refractivity contribution in [2.75, 3.05) is 13.1 Å². The maximum absolute atomic E-state index is 2.65. The van der Waals surface area contributed by atoms with Gasteiger partial charge in [-0.25, -0.2) is 0 Å². The molecule has 0 saturated carbocycles. The van der Waals surface area contributed by atoms with Crippen LogP contribution in [0.4, 0.5) is 0 Å². The minimum atomic E-state index is 0.634. The van der Waals surface area contributed by atoms with Gasteiger partial charge in [0.1, 0.15) is 6.17 Å². The third-order valence-electron chi connectivity index (χ3n) is 8.67. The fourth-order valence-corrected chi connectivity index (χ4v) is 6.09. The van der Waals surface area contributed by atoms with Crippen LogP contribution in [0, 0.1) is 0 Å². The zero-order valence-electron chi connectivity index (χ0n) is 26.1. The average molecular weight is 519 g/mol. The lowest BCUT2D eigenvalue weighted by Crippen LogP contribution is -2.38. The average Bonchev–Trinajstić information content (AvgIpc) is 3.31. The molecule has 0 saturated heterocycles. The zero-order valence-corrected chi connectivity index (χ0v) is 26.1. The van der Waals surface area contributed by atoms with Gasteiger partial charge in [-0.05, 0) is 26.2 Å². The Kier molecular flexibility index (Phi) is 25.0. The molecular weight excluding hydrogens is 448 g/mol. The molecule has 1 aliphatic heterocycles. The number of hydrogen-bond acceptors (Lipinski definition) is 2. The second-order valence-electron chi connectivity index (χ2n) is 12.1. The van der Waals surface area contributed by atoms with E-state index in [9.17, 15) is 0 Å². The molecule has 37 heavy (non-hydrogen) atoms. The Morgan fingerprint density at radius 2 is 0.703 bits per heavy atom. The molecule has 0 aromatic heterocycles. The van der Waals surface area contributed by atoms with Gasteiger partial charge in [0.2, 0.25) is 0 Å². The number of rotatable bonds is 29. The quantitative estimate of drug-likeness (QED) is 0.0908. The first-order chi connectivity index (χ1) is 18.3. The molecule has 2 nitrogen and oxygen atoms in total. The maximum atomic E-state index is 2.65. The Balaban J connectivity index is 1.94. The van der Waals surface area contributed by atoms with Crippen molar-refractivity contribution < 1.29 is 0 Å². The summed E-state index contributed by atoms with van der Waals surface area (Å²) in [7, 11) is 0. The second-order valence-corrected chi connectivity index (χ2v) is 12.1. The first kappa shape index (κ1) is 34.4. The largest absolute Gasteiger partial charge is 0.356 e. The summed E-state index contributed by atoms with van der Waals surface area (Å²) in [5.74, 6) is 0. The summed E-state index contributed by atoms with van der Waals surface area (Å²) in [5, 5.41) is 0. The Morgan fingerprint density at radius 3 is 1.08 bits per heavy atom. The van der Waals surface area contributed by atoms with Gasteiger partial charge in [0, 0.05) is 25.5 Å². The Labute approximate surface area is 235 Å². The molecule has 1 aliphatic rings. The van der Waals surface area contributed by atoms with Crippen LogP contribution in [0.15, 0.2) is 12.4 Å². The van der Waals surface area contributed by atoms with E-state index in [1.54, 1.807) is 0 Å². The van der Waals surface area contributed by atoms with Crippen LogP contribution in [0.25, 0.3) is 0 Å². The molecule has 0 aliphatic carbocycles. The number of hydrogen-bond donors (Lipinski definition) is 0. The van der Waals surface area contributed by atoms with Crippen LogP contribution in [0.5, 0.6) is 0 Å². The van der Waals surface area contributed by atoms with Gasteiger partial charge in [-0.15, -0.1) is 0 Å². The number of unbranched alkanes of at least 4 members (excludes halogenated alkanes) is 24. The molecule has 2 heteroatoms.